The normalized spacial score (nSPS) is 13.9. The van der Waals surface area contributed by atoms with Crippen molar-refractivity contribution in [3.63, 3.8) is 0 Å². The summed E-state index contributed by atoms with van der Waals surface area (Å²) >= 11 is 0. The van der Waals surface area contributed by atoms with Gasteiger partial charge in [0.15, 0.2) is 0 Å². The smallest absolute Gasteiger partial charge is 0.328 e. The van der Waals surface area contributed by atoms with Crippen LogP contribution in [0.25, 0.3) is 0 Å². The summed E-state index contributed by atoms with van der Waals surface area (Å²) in [7, 11) is 0. The highest BCUT2D eigenvalue weighted by molar-refractivity contribution is 5.86. The number of aliphatic hydroxyl groups is 1. The molecule has 0 aromatic rings. The predicted octanol–water partition coefficient (Wildman–Crippen LogP) is -1.34. The fraction of sp³-hybridized carbons (Fsp3) is 0.818. The van der Waals surface area contributed by atoms with E-state index in [0.29, 0.717) is 19.5 Å². The molecule has 0 saturated carbocycles. The molecule has 18 heavy (non-hydrogen) atoms. The van der Waals surface area contributed by atoms with Crippen LogP contribution < -0.4 is 16.4 Å². The molecule has 0 rings (SSSR count). The Morgan fingerprint density at radius 2 is 1.94 bits per heavy atom. The Bertz CT molecular complexity index is 261. The molecule has 0 aromatic heterocycles. The summed E-state index contributed by atoms with van der Waals surface area (Å²) in [6.07, 6.45) is 2.20. The summed E-state index contributed by atoms with van der Waals surface area (Å²) in [6, 6.07) is -1.71. The molecule has 106 valence electrons. The minimum atomic E-state index is -1.26. The van der Waals surface area contributed by atoms with E-state index in [1.165, 1.54) is 0 Å². The molecule has 0 aliphatic carbocycles. The van der Waals surface area contributed by atoms with Crippen molar-refractivity contribution in [3.05, 3.63) is 0 Å². The SMILES string of the molecule is CCN[C@@H](CCCCN)C(=O)N[C@@H](CO)C(=O)O. The number of likely N-dealkylation sites (N-methyl/N-ethyl adjacent to an activating group) is 1. The lowest BCUT2D eigenvalue weighted by molar-refractivity contribution is -0.143. The number of aliphatic carboxylic acids is 1. The average Bonchev–Trinajstić information content (AvgIpc) is 2.34. The average molecular weight is 261 g/mol. The van der Waals surface area contributed by atoms with Gasteiger partial charge in [-0.05, 0) is 25.9 Å². The number of carboxylic acids is 1. The highest BCUT2D eigenvalue weighted by Gasteiger charge is 2.23. The van der Waals surface area contributed by atoms with Gasteiger partial charge in [-0.1, -0.05) is 13.3 Å². The fourth-order valence-electron chi connectivity index (χ4n) is 1.52. The van der Waals surface area contributed by atoms with Crippen molar-refractivity contribution in [1.82, 2.24) is 10.6 Å². The Hall–Kier alpha value is -1.18. The van der Waals surface area contributed by atoms with E-state index in [-0.39, 0.29) is 0 Å². The highest BCUT2D eigenvalue weighted by atomic mass is 16.4. The lowest BCUT2D eigenvalue weighted by atomic mass is 10.1. The van der Waals surface area contributed by atoms with Gasteiger partial charge >= 0.3 is 5.97 Å². The van der Waals surface area contributed by atoms with Crippen LogP contribution in [0.2, 0.25) is 0 Å². The summed E-state index contributed by atoms with van der Waals surface area (Å²) in [5.74, 6) is -1.65. The van der Waals surface area contributed by atoms with Crippen LogP contribution in [0.1, 0.15) is 26.2 Å². The van der Waals surface area contributed by atoms with Crippen LogP contribution in [0.15, 0.2) is 0 Å². The Kier molecular flexibility index (Phi) is 9.17. The van der Waals surface area contributed by atoms with E-state index in [1.54, 1.807) is 0 Å². The lowest BCUT2D eigenvalue weighted by Crippen LogP contribution is -2.51. The minimum absolute atomic E-state index is 0.407. The first kappa shape index (κ1) is 16.8. The molecule has 0 heterocycles. The number of unbranched alkanes of at least 4 members (excludes halogenated alkanes) is 1. The van der Waals surface area contributed by atoms with Crippen LogP contribution in [0.4, 0.5) is 0 Å². The Balaban J connectivity index is 4.31. The second-order valence-corrected chi connectivity index (χ2v) is 3.98. The van der Waals surface area contributed by atoms with Crippen molar-refractivity contribution in [2.75, 3.05) is 19.7 Å². The summed E-state index contributed by atoms with van der Waals surface area (Å²) in [5.41, 5.74) is 5.38. The number of nitrogens with two attached hydrogens (primary N) is 1. The van der Waals surface area contributed by atoms with Gasteiger partial charge in [0.1, 0.15) is 6.04 Å². The van der Waals surface area contributed by atoms with Crippen LogP contribution in [0.3, 0.4) is 0 Å². The van der Waals surface area contributed by atoms with Gasteiger partial charge in [0.05, 0.1) is 12.6 Å². The van der Waals surface area contributed by atoms with Crippen LogP contribution in [-0.4, -0.2) is 53.9 Å². The highest BCUT2D eigenvalue weighted by Crippen LogP contribution is 2.01. The van der Waals surface area contributed by atoms with Gasteiger partial charge in [0, 0.05) is 0 Å². The second kappa shape index (κ2) is 9.81. The van der Waals surface area contributed by atoms with Crippen LogP contribution in [-0.2, 0) is 9.59 Å². The molecule has 6 N–H and O–H groups in total. The first-order valence-electron chi connectivity index (χ1n) is 6.14. The molecule has 2 atom stereocenters. The standard InChI is InChI=1S/C11H23N3O4/c1-2-13-8(5-3-4-6-12)10(16)14-9(7-15)11(17)18/h8-9,13,15H,2-7,12H2,1H3,(H,14,16)(H,17,18)/t8-,9-/m0/s1. The molecule has 7 heteroatoms. The summed E-state index contributed by atoms with van der Waals surface area (Å²) < 4.78 is 0. The quantitative estimate of drug-likeness (QED) is 0.310. The van der Waals surface area contributed by atoms with Crippen molar-refractivity contribution < 1.29 is 19.8 Å². The number of carbonyl (C=O) groups excluding carboxylic acids is 1. The van der Waals surface area contributed by atoms with Crippen molar-refractivity contribution in [1.29, 1.82) is 0 Å². The number of amides is 1. The van der Waals surface area contributed by atoms with E-state index >= 15 is 0 Å². The molecule has 0 aromatic carbocycles. The number of hydrogen-bond acceptors (Lipinski definition) is 5. The van der Waals surface area contributed by atoms with Crippen LogP contribution in [0.5, 0.6) is 0 Å². The third-order valence-corrected chi connectivity index (χ3v) is 2.51. The zero-order valence-corrected chi connectivity index (χ0v) is 10.7. The third kappa shape index (κ3) is 6.53. The van der Waals surface area contributed by atoms with Gasteiger partial charge < -0.3 is 26.6 Å². The maximum Gasteiger partial charge on any atom is 0.328 e. The number of nitrogens with one attached hydrogen (secondary N) is 2. The lowest BCUT2D eigenvalue weighted by Gasteiger charge is -2.19. The number of rotatable bonds is 10. The number of carboxylic acid groups (broad SMARTS) is 1. The van der Waals surface area contributed by atoms with Gasteiger partial charge in [0.25, 0.3) is 0 Å². The summed E-state index contributed by atoms with van der Waals surface area (Å²) in [5, 5.41) is 22.9. The van der Waals surface area contributed by atoms with Crippen molar-refractivity contribution in [2.45, 2.75) is 38.3 Å². The van der Waals surface area contributed by atoms with Crippen molar-refractivity contribution in [3.8, 4) is 0 Å². The molecule has 0 unspecified atom stereocenters. The molecule has 7 nitrogen and oxygen atoms in total. The van der Waals surface area contributed by atoms with Crippen LogP contribution in [0, 0.1) is 0 Å². The molecular weight excluding hydrogens is 238 g/mol. The van der Waals surface area contributed by atoms with E-state index in [1.807, 2.05) is 6.92 Å². The molecule has 0 aliphatic rings. The minimum Gasteiger partial charge on any atom is -0.480 e. The van der Waals surface area contributed by atoms with E-state index in [4.69, 9.17) is 15.9 Å². The van der Waals surface area contributed by atoms with Gasteiger partial charge in [-0.15, -0.1) is 0 Å². The maximum atomic E-state index is 11.8. The molecule has 0 spiro atoms. The molecular formula is C11H23N3O4. The van der Waals surface area contributed by atoms with Crippen LogP contribution >= 0.6 is 0 Å². The Morgan fingerprint density at radius 3 is 2.39 bits per heavy atom. The summed E-state index contributed by atoms with van der Waals surface area (Å²) in [6.45, 7) is 2.42. The molecule has 0 fully saturated rings. The molecule has 1 amide bonds. The first-order valence-corrected chi connectivity index (χ1v) is 6.14. The van der Waals surface area contributed by atoms with E-state index in [9.17, 15) is 9.59 Å². The largest absolute Gasteiger partial charge is 0.480 e. The zero-order chi connectivity index (χ0) is 14.0. The van der Waals surface area contributed by atoms with E-state index in [0.717, 1.165) is 12.8 Å². The van der Waals surface area contributed by atoms with Gasteiger partial charge in [0.2, 0.25) is 5.91 Å². The molecule has 0 aliphatic heterocycles. The summed E-state index contributed by atoms with van der Waals surface area (Å²) in [4.78, 5) is 22.5. The Labute approximate surface area is 107 Å². The maximum absolute atomic E-state index is 11.8. The van der Waals surface area contributed by atoms with Gasteiger partial charge in [-0.3, -0.25) is 4.79 Å². The number of aliphatic hydroxyl groups excluding tert-OH is 1. The molecule has 0 saturated heterocycles. The van der Waals surface area contributed by atoms with Gasteiger partial charge in [-0.2, -0.15) is 0 Å². The number of hydrogen-bond donors (Lipinski definition) is 5. The monoisotopic (exact) mass is 261 g/mol. The van der Waals surface area contributed by atoms with Crippen molar-refractivity contribution in [2.24, 2.45) is 5.73 Å². The molecule has 0 bridgehead atoms. The topological polar surface area (TPSA) is 125 Å². The third-order valence-electron chi connectivity index (χ3n) is 2.51. The zero-order valence-electron chi connectivity index (χ0n) is 10.7. The molecule has 0 radical (unpaired) electrons. The predicted molar refractivity (Wildman–Crippen MR) is 67.0 cm³/mol. The first-order chi connectivity index (χ1) is 8.56. The van der Waals surface area contributed by atoms with Crippen molar-refractivity contribution >= 4 is 11.9 Å². The Morgan fingerprint density at radius 1 is 1.28 bits per heavy atom. The van der Waals surface area contributed by atoms with E-state index in [2.05, 4.69) is 10.6 Å². The van der Waals surface area contributed by atoms with Gasteiger partial charge in [-0.25, -0.2) is 4.79 Å². The number of carbonyl (C=O) groups is 2. The van der Waals surface area contributed by atoms with E-state index < -0.39 is 30.6 Å². The fourth-order valence-corrected chi connectivity index (χ4v) is 1.52. The second-order valence-electron chi connectivity index (χ2n) is 3.98.